The van der Waals surface area contributed by atoms with Crippen molar-refractivity contribution in [3.63, 3.8) is 0 Å². The maximum atomic E-state index is 12.4. The number of hydrogen-bond donors (Lipinski definition) is 2. The van der Waals surface area contributed by atoms with Gasteiger partial charge in [-0.05, 0) is 37.3 Å². The summed E-state index contributed by atoms with van der Waals surface area (Å²) in [6.45, 7) is 3.50. The highest BCUT2D eigenvalue weighted by atomic mass is 32.2. The Hall–Kier alpha value is -2.87. The molecule has 0 spiro atoms. The Labute approximate surface area is 139 Å². The van der Waals surface area contributed by atoms with Gasteiger partial charge in [0.15, 0.2) is 0 Å². The van der Waals surface area contributed by atoms with Gasteiger partial charge in [-0.3, -0.25) is 4.72 Å². The first-order valence-corrected chi connectivity index (χ1v) is 8.56. The van der Waals surface area contributed by atoms with Crippen LogP contribution in [-0.2, 0) is 10.0 Å². The minimum Gasteiger partial charge on any atom is -0.507 e. The fraction of sp³-hybridized carbons (Fsp3) is 0.125. The number of sulfonamides is 1. The molecule has 8 heteroatoms. The van der Waals surface area contributed by atoms with Crippen molar-refractivity contribution in [2.45, 2.75) is 18.7 Å². The summed E-state index contributed by atoms with van der Waals surface area (Å²) in [5.74, 6) is 0.369. The fourth-order valence-electron chi connectivity index (χ4n) is 2.11. The van der Waals surface area contributed by atoms with E-state index in [1.807, 2.05) is 6.92 Å². The summed E-state index contributed by atoms with van der Waals surface area (Å²) >= 11 is 0. The number of nitrogens with one attached hydrogen (secondary N) is 1. The lowest BCUT2D eigenvalue weighted by Crippen LogP contribution is -2.12. The number of phenols is 1. The van der Waals surface area contributed by atoms with Crippen LogP contribution in [0.25, 0.3) is 11.5 Å². The SMILES string of the molecule is Cc1ccc(S(=O)(=O)Nc2ccc(O)c(-c3nnc(C)o3)c2)cc1. The number of aromatic nitrogens is 2. The van der Waals surface area contributed by atoms with Crippen LogP contribution in [-0.4, -0.2) is 23.7 Å². The van der Waals surface area contributed by atoms with Crippen molar-refractivity contribution in [1.29, 1.82) is 0 Å². The van der Waals surface area contributed by atoms with Gasteiger partial charge < -0.3 is 9.52 Å². The monoisotopic (exact) mass is 345 g/mol. The topological polar surface area (TPSA) is 105 Å². The molecule has 0 aliphatic rings. The molecule has 0 bridgehead atoms. The van der Waals surface area contributed by atoms with E-state index in [0.717, 1.165) is 5.56 Å². The summed E-state index contributed by atoms with van der Waals surface area (Å²) in [5.41, 5.74) is 1.49. The number of rotatable bonds is 4. The molecule has 0 unspecified atom stereocenters. The van der Waals surface area contributed by atoms with Crippen LogP contribution >= 0.6 is 0 Å². The van der Waals surface area contributed by atoms with Crippen LogP contribution in [0.5, 0.6) is 5.75 Å². The van der Waals surface area contributed by atoms with Crippen molar-refractivity contribution < 1.29 is 17.9 Å². The smallest absolute Gasteiger partial charge is 0.261 e. The molecular formula is C16H15N3O4S. The zero-order valence-electron chi connectivity index (χ0n) is 13.0. The van der Waals surface area contributed by atoms with E-state index in [0.29, 0.717) is 5.89 Å². The molecule has 24 heavy (non-hydrogen) atoms. The van der Waals surface area contributed by atoms with Crippen molar-refractivity contribution in [1.82, 2.24) is 10.2 Å². The van der Waals surface area contributed by atoms with Gasteiger partial charge in [0, 0.05) is 12.6 Å². The Bertz CT molecular complexity index is 979. The quantitative estimate of drug-likeness (QED) is 0.704. The van der Waals surface area contributed by atoms with Gasteiger partial charge in [-0.15, -0.1) is 10.2 Å². The minimum absolute atomic E-state index is 0.0862. The van der Waals surface area contributed by atoms with Gasteiger partial charge in [0.2, 0.25) is 5.89 Å². The first-order valence-electron chi connectivity index (χ1n) is 7.08. The zero-order valence-corrected chi connectivity index (χ0v) is 13.8. The Morgan fingerprint density at radius 2 is 1.75 bits per heavy atom. The highest BCUT2D eigenvalue weighted by Gasteiger charge is 2.17. The molecule has 0 saturated carbocycles. The Morgan fingerprint density at radius 1 is 1.04 bits per heavy atom. The Kier molecular flexibility index (Phi) is 3.98. The number of nitrogens with zero attached hydrogens (tertiary/aromatic N) is 2. The van der Waals surface area contributed by atoms with Crippen LogP contribution in [0.3, 0.4) is 0 Å². The van der Waals surface area contributed by atoms with E-state index in [2.05, 4.69) is 14.9 Å². The summed E-state index contributed by atoms with van der Waals surface area (Å²) in [6, 6.07) is 10.8. The third kappa shape index (κ3) is 3.23. The third-order valence-corrected chi connectivity index (χ3v) is 4.73. The van der Waals surface area contributed by atoms with Crippen molar-refractivity contribution in [3.8, 4) is 17.2 Å². The van der Waals surface area contributed by atoms with E-state index >= 15 is 0 Å². The van der Waals surface area contributed by atoms with Crippen LogP contribution in [0.2, 0.25) is 0 Å². The predicted octanol–water partition coefficient (Wildman–Crippen LogP) is 2.86. The standard InChI is InChI=1S/C16H15N3O4S/c1-10-3-6-13(7-4-10)24(21,22)19-12-5-8-15(20)14(9-12)16-18-17-11(2)23-16/h3-9,19-20H,1-2H3. The molecule has 0 aliphatic heterocycles. The van der Waals surface area contributed by atoms with E-state index < -0.39 is 10.0 Å². The summed E-state index contributed by atoms with van der Waals surface area (Å²) < 4.78 is 32.6. The molecule has 2 aromatic carbocycles. The number of benzene rings is 2. The molecule has 0 fully saturated rings. The molecule has 0 amide bonds. The summed E-state index contributed by atoms with van der Waals surface area (Å²) in [7, 11) is -3.73. The molecule has 7 nitrogen and oxygen atoms in total. The Balaban J connectivity index is 1.94. The summed E-state index contributed by atoms with van der Waals surface area (Å²) in [4.78, 5) is 0.149. The van der Waals surface area contributed by atoms with Gasteiger partial charge >= 0.3 is 0 Å². The molecule has 2 N–H and O–H groups in total. The van der Waals surface area contributed by atoms with Crippen LogP contribution < -0.4 is 4.72 Å². The third-order valence-electron chi connectivity index (χ3n) is 3.34. The Morgan fingerprint density at radius 3 is 2.38 bits per heavy atom. The minimum atomic E-state index is -3.73. The van der Waals surface area contributed by atoms with Crippen molar-refractivity contribution in [2.24, 2.45) is 0 Å². The number of phenolic OH excluding ortho intramolecular Hbond substituents is 1. The first-order chi connectivity index (χ1) is 11.3. The molecule has 0 atom stereocenters. The number of aromatic hydroxyl groups is 1. The molecule has 1 aromatic heterocycles. The van der Waals surface area contributed by atoms with E-state index in [1.54, 1.807) is 19.1 Å². The average molecular weight is 345 g/mol. The molecule has 0 saturated heterocycles. The van der Waals surface area contributed by atoms with E-state index in [4.69, 9.17) is 4.42 Å². The summed E-state index contributed by atoms with van der Waals surface area (Å²) in [5, 5.41) is 17.5. The van der Waals surface area contributed by atoms with E-state index in [-0.39, 0.29) is 27.8 Å². The van der Waals surface area contributed by atoms with Crippen molar-refractivity contribution >= 4 is 15.7 Å². The molecule has 124 valence electrons. The van der Waals surface area contributed by atoms with Gasteiger partial charge in [-0.2, -0.15) is 0 Å². The van der Waals surface area contributed by atoms with Crippen LogP contribution in [0.15, 0.2) is 51.8 Å². The first kappa shape index (κ1) is 16.0. The lowest BCUT2D eigenvalue weighted by Gasteiger charge is -2.10. The van der Waals surface area contributed by atoms with Gasteiger partial charge in [0.25, 0.3) is 15.9 Å². The molecule has 0 aliphatic carbocycles. The molecule has 3 rings (SSSR count). The maximum Gasteiger partial charge on any atom is 0.261 e. The van der Waals surface area contributed by atoms with Crippen LogP contribution in [0.4, 0.5) is 5.69 Å². The fourth-order valence-corrected chi connectivity index (χ4v) is 3.16. The molecule has 1 heterocycles. The van der Waals surface area contributed by atoms with Gasteiger partial charge in [0.1, 0.15) is 5.75 Å². The molecule has 0 radical (unpaired) electrons. The second kappa shape index (κ2) is 5.97. The maximum absolute atomic E-state index is 12.4. The number of hydrogen-bond acceptors (Lipinski definition) is 6. The van der Waals surface area contributed by atoms with Crippen molar-refractivity contribution in [3.05, 3.63) is 53.9 Å². The average Bonchev–Trinajstić information content (AvgIpc) is 2.96. The highest BCUT2D eigenvalue weighted by Crippen LogP contribution is 2.31. The zero-order chi connectivity index (χ0) is 17.3. The van der Waals surface area contributed by atoms with Crippen LogP contribution in [0, 0.1) is 13.8 Å². The normalized spacial score (nSPS) is 11.4. The van der Waals surface area contributed by atoms with E-state index in [1.165, 1.54) is 30.3 Å². The molecular weight excluding hydrogens is 330 g/mol. The van der Waals surface area contributed by atoms with Gasteiger partial charge in [0.05, 0.1) is 10.5 Å². The second-order valence-electron chi connectivity index (χ2n) is 5.28. The van der Waals surface area contributed by atoms with Gasteiger partial charge in [-0.1, -0.05) is 17.7 Å². The lowest BCUT2D eigenvalue weighted by molar-refractivity contribution is 0.471. The van der Waals surface area contributed by atoms with Crippen LogP contribution in [0.1, 0.15) is 11.5 Å². The second-order valence-corrected chi connectivity index (χ2v) is 6.96. The number of anilines is 1. The predicted molar refractivity (Wildman–Crippen MR) is 88.1 cm³/mol. The van der Waals surface area contributed by atoms with Gasteiger partial charge in [-0.25, -0.2) is 8.42 Å². The number of aryl methyl sites for hydroxylation is 2. The van der Waals surface area contributed by atoms with Crippen molar-refractivity contribution in [2.75, 3.05) is 4.72 Å². The lowest BCUT2D eigenvalue weighted by atomic mass is 10.2. The molecule has 3 aromatic rings. The largest absolute Gasteiger partial charge is 0.507 e. The van der Waals surface area contributed by atoms with E-state index in [9.17, 15) is 13.5 Å². The highest BCUT2D eigenvalue weighted by molar-refractivity contribution is 7.92. The summed E-state index contributed by atoms with van der Waals surface area (Å²) in [6.07, 6.45) is 0.